The van der Waals surface area contributed by atoms with E-state index in [2.05, 4.69) is 31.5 Å². The molecule has 1 amide bonds. The van der Waals surface area contributed by atoms with Gasteiger partial charge in [0.15, 0.2) is 10.7 Å². The van der Waals surface area contributed by atoms with Crippen molar-refractivity contribution in [3.8, 4) is 17.2 Å². The van der Waals surface area contributed by atoms with Gasteiger partial charge in [0, 0.05) is 21.8 Å². The van der Waals surface area contributed by atoms with Gasteiger partial charge in [-0.05, 0) is 89.2 Å². The highest BCUT2D eigenvalue weighted by Crippen LogP contribution is 2.32. The second-order valence-electron chi connectivity index (χ2n) is 6.92. The Balaban J connectivity index is 1.49. The van der Waals surface area contributed by atoms with Gasteiger partial charge in [0.2, 0.25) is 5.89 Å². The van der Waals surface area contributed by atoms with Crippen LogP contribution < -0.4 is 15.4 Å². The third kappa shape index (κ3) is 4.77. The first-order chi connectivity index (χ1) is 15.3. The quantitative estimate of drug-likeness (QED) is 0.299. The molecule has 3 aromatic carbocycles. The van der Waals surface area contributed by atoms with Crippen LogP contribution in [0.4, 0.5) is 5.69 Å². The molecule has 0 radical (unpaired) electrons. The van der Waals surface area contributed by atoms with Crippen molar-refractivity contribution in [2.75, 3.05) is 12.4 Å². The summed E-state index contributed by atoms with van der Waals surface area (Å²) in [6.07, 6.45) is 0. The minimum absolute atomic E-state index is 0.161. The summed E-state index contributed by atoms with van der Waals surface area (Å²) in [7, 11) is 1.61. The fraction of sp³-hybridized carbons (Fsp3) is 0.0870. The van der Waals surface area contributed by atoms with Crippen LogP contribution in [-0.2, 0) is 0 Å². The Hall–Kier alpha value is -2.94. The van der Waals surface area contributed by atoms with Crippen molar-refractivity contribution in [1.82, 2.24) is 10.3 Å². The van der Waals surface area contributed by atoms with Crippen LogP contribution in [0.3, 0.4) is 0 Å². The van der Waals surface area contributed by atoms with Crippen LogP contribution in [0.25, 0.3) is 22.6 Å². The van der Waals surface area contributed by atoms with E-state index in [-0.39, 0.29) is 11.0 Å². The zero-order chi connectivity index (χ0) is 22.8. The highest BCUT2D eigenvalue weighted by atomic mass is 79.9. The molecule has 0 saturated heterocycles. The number of benzene rings is 3. The predicted octanol–water partition coefficient (Wildman–Crippen LogP) is 6.35. The van der Waals surface area contributed by atoms with Gasteiger partial charge in [0.1, 0.15) is 11.3 Å². The number of ether oxygens (including phenoxy) is 1. The maximum atomic E-state index is 12.4. The van der Waals surface area contributed by atoms with Crippen LogP contribution >= 0.6 is 39.7 Å². The number of carbonyl (C=O) groups is 1. The molecule has 162 valence electrons. The summed E-state index contributed by atoms with van der Waals surface area (Å²) < 4.78 is 11.9. The topological polar surface area (TPSA) is 76.4 Å². The highest BCUT2D eigenvalue weighted by molar-refractivity contribution is 9.10. The van der Waals surface area contributed by atoms with Gasteiger partial charge in [-0.3, -0.25) is 10.1 Å². The molecule has 1 heterocycles. The van der Waals surface area contributed by atoms with E-state index in [1.807, 2.05) is 25.1 Å². The average molecular weight is 531 g/mol. The van der Waals surface area contributed by atoms with Crippen LogP contribution in [-0.4, -0.2) is 23.1 Å². The number of carbonyl (C=O) groups excluding carboxylic acids is 1. The predicted molar refractivity (Wildman–Crippen MR) is 134 cm³/mol. The lowest BCUT2D eigenvalue weighted by Crippen LogP contribution is -2.34. The van der Waals surface area contributed by atoms with E-state index in [1.54, 1.807) is 43.5 Å². The maximum absolute atomic E-state index is 12.4. The zero-order valence-corrected chi connectivity index (χ0v) is 20.2. The third-order valence-corrected chi connectivity index (χ3v) is 5.94. The molecule has 0 bridgehead atoms. The summed E-state index contributed by atoms with van der Waals surface area (Å²) in [6, 6.07) is 16.0. The van der Waals surface area contributed by atoms with Gasteiger partial charge in [-0.25, -0.2) is 4.98 Å². The number of aryl methyl sites for hydroxylation is 1. The molecule has 2 N–H and O–H groups in total. The molecule has 6 nitrogen and oxygen atoms in total. The second-order valence-corrected chi connectivity index (χ2v) is 8.59. The number of hydrogen-bond donors (Lipinski definition) is 2. The molecule has 4 rings (SSSR count). The van der Waals surface area contributed by atoms with Crippen LogP contribution in [0.2, 0.25) is 5.02 Å². The first-order valence-electron chi connectivity index (χ1n) is 9.47. The zero-order valence-electron chi connectivity index (χ0n) is 17.0. The van der Waals surface area contributed by atoms with Gasteiger partial charge in [-0.15, -0.1) is 0 Å². The van der Waals surface area contributed by atoms with E-state index in [0.717, 1.165) is 21.3 Å². The average Bonchev–Trinajstić information content (AvgIpc) is 3.19. The van der Waals surface area contributed by atoms with Crippen molar-refractivity contribution in [3.05, 3.63) is 75.2 Å². The van der Waals surface area contributed by atoms with Gasteiger partial charge in [0.25, 0.3) is 5.91 Å². The van der Waals surface area contributed by atoms with E-state index in [9.17, 15) is 4.79 Å². The molecule has 1 aromatic heterocycles. The van der Waals surface area contributed by atoms with Gasteiger partial charge < -0.3 is 14.5 Å². The Morgan fingerprint density at radius 2 is 1.97 bits per heavy atom. The number of hydrogen-bond acceptors (Lipinski definition) is 5. The first kappa shape index (κ1) is 22.3. The molecular weight excluding hydrogens is 514 g/mol. The third-order valence-electron chi connectivity index (χ3n) is 4.71. The molecule has 0 aliphatic carbocycles. The van der Waals surface area contributed by atoms with E-state index < -0.39 is 0 Å². The van der Waals surface area contributed by atoms with E-state index in [4.69, 9.17) is 33.0 Å². The molecule has 0 spiro atoms. The smallest absolute Gasteiger partial charge is 0.257 e. The molecule has 0 aliphatic heterocycles. The summed E-state index contributed by atoms with van der Waals surface area (Å²) in [5.41, 5.74) is 4.07. The fourth-order valence-electron chi connectivity index (χ4n) is 3.00. The molecule has 4 aromatic rings. The van der Waals surface area contributed by atoms with Crippen LogP contribution in [0.1, 0.15) is 15.9 Å². The summed E-state index contributed by atoms with van der Waals surface area (Å²) in [4.78, 5) is 17.0. The number of nitrogens with one attached hydrogen (secondary N) is 2. The first-order valence-corrected chi connectivity index (χ1v) is 11.0. The molecule has 32 heavy (non-hydrogen) atoms. The summed E-state index contributed by atoms with van der Waals surface area (Å²) >= 11 is 14.8. The van der Waals surface area contributed by atoms with E-state index >= 15 is 0 Å². The Labute approximate surface area is 203 Å². The number of fused-ring (bicyclic) bond motifs is 1. The van der Waals surface area contributed by atoms with Crippen LogP contribution in [0.15, 0.2) is 63.5 Å². The van der Waals surface area contributed by atoms with Crippen molar-refractivity contribution in [1.29, 1.82) is 0 Å². The maximum Gasteiger partial charge on any atom is 0.257 e. The van der Waals surface area contributed by atoms with Crippen molar-refractivity contribution in [2.45, 2.75) is 6.92 Å². The van der Waals surface area contributed by atoms with Crippen molar-refractivity contribution >= 4 is 67.6 Å². The summed E-state index contributed by atoms with van der Waals surface area (Å²) in [5.74, 6) is 0.853. The Morgan fingerprint density at radius 3 is 2.69 bits per heavy atom. The van der Waals surface area contributed by atoms with E-state index in [0.29, 0.717) is 33.3 Å². The number of methoxy groups -OCH3 is 1. The minimum Gasteiger partial charge on any atom is -0.496 e. The second kappa shape index (κ2) is 9.28. The molecule has 0 fully saturated rings. The number of amides is 1. The monoisotopic (exact) mass is 529 g/mol. The molecular formula is C23H17BrClN3O3S. The van der Waals surface area contributed by atoms with Crippen molar-refractivity contribution in [3.63, 3.8) is 0 Å². The van der Waals surface area contributed by atoms with E-state index in [1.165, 1.54) is 0 Å². The van der Waals surface area contributed by atoms with Gasteiger partial charge in [-0.1, -0.05) is 17.7 Å². The molecule has 0 aliphatic rings. The van der Waals surface area contributed by atoms with Crippen LogP contribution in [0, 0.1) is 6.92 Å². The SMILES string of the molecule is COc1ccc(-c2nc3cc(NC(=S)NC(=O)c4ccc(C)c(Cl)c4)ccc3o2)cc1Br. The number of halogens is 2. The Morgan fingerprint density at radius 1 is 1.16 bits per heavy atom. The standard InChI is InChI=1S/C23H17BrClN3O3S/c1-12-3-4-13(10-17(12)25)21(29)28-23(32)26-15-6-8-20-18(11-15)27-22(31-20)14-5-7-19(30-2)16(24)9-14/h3-11H,1-2H3,(H2,26,28,29,32). The van der Waals surface area contributed by atoms with Gasteiger partial charge in [0.05, 0.1) is 11.6 Å². The molecule has 0 atom stereocenters. The normalized spacial score (nSPS) is 10.8. The number of thiocarbonyl (C=S) groups is 1. The highest BCUT2D eigenvalue weighted by Gasteiger charge is 2.13. The largest absolute Gasteiger partial charge is 0.496 e. The van der Waals surface area contributed by atoms with Crippen molar-refractivity contribution in [2.24, 2.45) is 0 Å². The Bertz CT molecular complexity index is 1360. The number of rotatable bonds is 4. The lowest BCUT2D eigenvalue weighted by Gasteiger charge is -2.10. The summed E-state index contributed by atoms with van der Waals surface area (Å²) in [6.45, 7) is 1.87. The lowest BCUT2D eigenvalue weighted by molar-refractivity contribution is 0.0977. The van der Waals surface area contributed by atoms with Gasteiger partial charge >= 0.3 is 0 Å². The summed E-state index contributed by atoms with van der Waals surface area (Å²) in [5, 5.41) is 6.33. The lowest BCUT2D eigenvalue weighted by atomic mass is 10.1. The van der Waals surface area contributed by atoms with Crippen molar-refractivity contribution < 1.29 is 13.9 Å². The molecule has 0 saturated carbocycles. The minimum atomic E-state index is -0.348. The fourth-order valence-corrected chi connectivity index (χ4v) is 3.93. The van der Waals surface area contributed by atoms with Gasteiger partial charge in [-0.2, -0.15) is 0 Å². The van der Waals surface area contributed by atoms with Crippen LogP contribution in [0.5, 0.6) is 5.75 Å². The molecule has 0 unspecified atom stereocenters. The Kier molecular flexibility index (Phi) is 6.45. The number of aromatic nitrogens is 1. The number of anilines is 1. The number of nitrogens with zero attached hydrogens (tertiary/aromatic N) is 1. The number of oxazole rings is 1. The molecule has 9 heteroatoms.